The van der Waals surface area contributed by atoms with Crippen LogP contribution in [0.3, 0.4) is 0 Å². The lowest BCUT2D eigenvalue weighted by Gasteiger charge is -2.36. The summed E-state index contributed by atoms with van der Waals surface area (Å²) in [6.07, 6.45) is 0. The molecule has 3 aromatic carbocycles. The smallest absolute Gasteiger partial charge is 0.121 e. The summed E-state index contributed by atoms with van der Waals surface area (Å²) in [7, 11) is 0. The van der Waals surface area contributed by atoms with Crippen molar-refractivity contribution in [3.63, 3.8) is 0 Å². The highest BCUT2D eigenvalue weighted by molar-refractivity contribution is 5.64. The van der Waals surface area contributed by atoms with E-state index in [1.54, 1.807) is 6.07 Å². The van der Waals surface area contributed by atoms with Crippen LogP contribution >= 0.6 is 0 Å². The van der Waals surface area contributed by atoms with Crippen LogP contribution in [0.1, 0.15) is 57.0 Å². The fourth-order valence-corrected chi connectivity index (χ4v) is 4.51. The van der Waals surface area contributed by atoms with E-state index in [1.807, 2.05) is 71.9 Å². The molecule has 0 fully saturated rings. The molecule has 0 aliphatic heterocycles. The van der Waals surface area contributed by atoms with Crippen molar-refractivity contribution in [2.24, 2.45) is 0 Å². The maximum atomic E-state index is 10.8. The largest absolute Gasteiger partial charge is 0.508 e. The molecule has 0 aliphatic carbocycles. The third kappa shape index (κ3) is 3.05. The molecule has 0 unspecified atom stereocenters. The number of phenolic OH excluding ortho intramolecular Hbond substituents is 3. The third-order valence-electron chi connectivity index (χ3n) is 6.63. The van der Waals surface area contributed by atoms with Crippen LogP contribution in [-0.2, 0) is 5.41 Å². The Bertz CT molecular complexity index is 1050. The maximum Gasteiger partial charge on any atom is 0.121 e. The summed E-state index contributed by atoms with van der Waals surface area (Å²) < 4.78 is 0. The topological polar surface area (TPSA) is 60.7 Å². The molecule has 0 aromatic heterocycles. The Kier molecular flexibility index (Phi) is 5.12. The van der Waals surface area contributed by atoms with E-state index in [-0.39, 0.29) is 5.75 Å². The van der Waals surface area contributed by atoms with Gasteiger partial charge < -0.3 is 15.3 Å². The molecule has 0 bridgehead atoms. The zero-order chi connectivity index (χ0) is 21.7. The zero-order valence-corrected chi connectivity index (χ0v) is 18.3. The van der Waals surface area contributed by atoms with Gasteiger partial charge in [-0.25, -0.2) is 0 Å². The normalized spacial score (nSPS) is 11.7. The van der Waals surface area contributed by atoms with E-state index >= 15 is 0 Å². The first kappa shape index (κ1) is 20.8. The second kappa shape index (κ2) is 7.14. The summed E-state index contributed by atoms with van der Waals surface area (Å²) in [4.78, 5) is 0. The molecule has 0 radical (unpaired) electrons. The molecule has 0 amide bonds. The Hall–Kier alpha value is -2.94. The molecule has 3 heteroatoms. The van der Waals surface area contributed by atoms with Gasteiger partial charge in [0.1, 0.15) is 17.2 Å². The molecule has 3 nitrogen and oxygen atoms in total. The predicted octanol–water partition coefficient (Wildman–Crippen LogP) is 6.01. The highest BCUT2D eigenvalue weighted by atomic mass is 16.3. The van der Waals surface area contributed by atoms with Gasteiger partial charge in [-0.15, -0.1) is 0 Å². The lowest BCUT2D eigenvalue weighted by atomic mass is 9.66. The van der Waals surface area contributed by atoms with Gasteiger partial charge in [0.25, 0.3) is 0 Å². The Labute approximate surface area is 173 Å². The lowest BCUT2D eigenvalue weighted by Crippen LogP contribution is -2.28. The van der Waals surface area contributed by atoms with Gasteiger partial charge in [-0.3, -0.25) is 0 Å². The maximum absolute atomic E-state index is 10.8. The number of aromatic hydroxyl groups is 3. The van der Waals surface area contributed by atoms with E-state index in [1.165, 1.54) is 0 Å². The van der Waals surface area contributed by atoms with Crippen LogP contribution in [-0.4, -0.2) is 15.3 Å². The van der Waals surface area contributed by atoms with Gasteiger partial charge in [0.05, 0.1) is 0 Å². The SMILES string of the molecule is Cc1cc(C(C)(c2ccccc2O)c2cc(C)c(O)c(C)c2C)c(C)c(C)c1O. The van der Waals surface area contributed by atoms with Gasteiger partial charge in [-0.2, -0.15) is 0 Å². The van der Waals surface area contributed by atoms with Crippen LogP contribution in [0.15, 0.2) is 36.4 Å². The second-order valence-corrected chi connectivity index (χ2v) is 8.32. The molecule has 152 valence electrons. The number of benzene rings is 3. The molecule has 0 saturated heterocycles. The Morgan fingerprint density at radius 3 is 1.41 bits per heavy atom. The van der Waals surface area contributed by atoms with Crippen molar-refractivity contribution in [2.75, 3.05) is 0 Å². The van der Waals surface area contributed by atoms with Crippen LogP contribution in [0.25, 0.3) is 0 Å². The van der Waals surface area contributed by atoms with Gasteiger partial charge in [0.15, 0.2) is 0 Å². The highest BCUT2D eigenvalue weighted by Crippen LogP contribution is 2.48. The Balaban J connectivity index is 2.52. The van der Waals surface area contributed by atoms with E-state index in [2.05, 4.69) is 6.92 Å². The number of rotatable bonds is 3. The van der Waals surface area contributed by atoms with Crippen molar-refractivity contribution in [1.82, 2.24) is 0 Å². The van der Waals surface area contributed by atoms with Gasteiger partial charge in [0, 0.05) is 11.0 Å². The standard InChI is InChI=1S/C26H30O3/c1-14-12-21(16(3)18(5)24(14)28)26(7,20-10-8-9-11-23(20)27)22-13-15(2)25(29)19(6)17(22)4/h8-13,27-29H,1-7H3. The average molecular weight is 391 g/mol. The molecule has 0 atom stereocenters. The number of hydrogen-bond donors (Lipinski definition) is 3. The molecule has 3 rings (SSSR count). The summed E-state index contributed by atoms with van der Waals surface area (Å²) in [6, 6.07) is 11.4. The molecule has 0 heterocycles. The number of para-hydroxylation sites is 1. The van der Waals surface area contributed by atoms with Crippen LogP contribution in [0, 0.1) is 41.5 Å². The van der Waals surface area contributed by atoms with Crippen molar-refractivity contribution in [3.8, 4) is 17.2 Å². The minimum atomic E-state index is -0.675. The fourth-order valence-electron chi connectivity index (χ4n) is 4.51. The van der Waals surface area contributed by atoms with Crippen LogP contribution in [0.2, 0.25) is 0 Å². The van der Waals surface area contributed by atoms with Crippen molar-refractivity contribution < 1.29 is 15.3 Å². The van der Waals surface area contributed by atoms with Gasteiger partial charge in [-0.05, 0) is 99.0 Å². The Morgan fingerprint density at radius 2 is 1.00 bits per heavy atom. The number of aryl methyl sites for hydroxylation is 2. The monoisotopic (exact) mass is 390 g/mol. The fraction of sp³-hybridized carbons (Fsp3) is 0.308. The summed E-state index contributed by atoms with van der Waals surface area (Å²) in [5, 5.41) is 31.8. The quantitative estimate of drug-likeness (QED) is 0.480. The first-order chi connectivity index (χ1) is 13.5. The molecular weight excluding hydrogens is 360 g/mol. The third-order valence-corrected chi connectivity index (χ3v) is 6.63. The van der Waals surface area contributed by atoms with E-state index in [0.29, 0.717) is 11.5 Å². The number of phenols is 3. The molecule has 0 spiro atoms. The van der Waals surface area contributed by atoms with Crippen LogP contribution in [0.4, 0.5) is 0 Å². The van der Waals surface area contributed by atoms with Gasteiger partial charge in [0.2, 0.25) is 0 Å². The van der Waals surface area contributed by atoms with E-state index in [4.69, 9.17) is 0 Å². The van der Waals surface area contributed by atoms with Crippen LogP contribution < -0.4 is 0 Å². The summed E-state index contributed by atoms with van der Waals surface area (Å²) in [5.74, 6) is 0.835. The molecule has 0 aliphatic rings. The van der Waals surface area contributed by atoms with Crippen molar-refractivity contribution in [1.29, 1.82) is 0 Å². The predicted molar refractivity (Wildman–Crippen MR) is 118 cm³/mol. The molecule has 3 aromatic rings. The van der Waals surface area contributed by atoms with Crippen molar-refractivity contribution in [3.05, 3.63) is 86.5 Å². The van der Waals surface area contributed by atoms with Gasteiger partial charge in [-0.1, -0.05) is 30.3 Å². The summed E-state index contributed by atoms with van der Waals surface area (Å²) in [6.45, 7) is 13.8. The van der Waals surface area contributed by atoms with E-state index in [0.717, 1.165) is 50.1 Å². The Morgan fingerprint density at radius 1 is 0.586 bits per heavy atom. The van der Waals surface area contributed by atoms with E-state index in [9.17, 15) is 15.3 Å². The zero-order valence-electron chi connectivity index (χ0n) is 18.3. The first-order valence-electron chi connectivity index (χ1n) is 9.90. The van der Waals surface area contributed by atoms with E-state index < -0.39 is 5.41 Å². The summed E-state index contributed by atoms with van der Waals surface area (Å²) in [5.41, 5.74) is 7.43. The highest BCUT2D eigenvalue weighted by Gasteiger charge is 2.37. The molecular formula is C26H30O3. The minimum Gasteiger partial charge on any atom is -0.508 e. The summed E-state index contributed by atoms with van der Waals surface area (Å²) >= 11 is 0. The number of hydrogen-bond acceptors (Lipinski definition) is 3. The molecule has 29 heavy (non-hydrogen) atoms. The van der Waals surface area contributed by atoms with Crippen molar-refractivity contribution in [2.45, 2.75) is 53.9 Å². The van der Waals surface area contributed by atoms with Gasteiger partial charge >= 0.3 is 0 Å². The second-order valence-electron chi connectivity index (χ2n) is 8.32. The first-order valence-corrected chi connectivity index (χ1v) is 9.90. The minimum absolute atomic E-state index is 0.223. The van der Waals surface area contributed by atoms with Crippen molar-refractivity contribution >= 4 is 0 Å². The molecule has 3 N–H and O–H groups in total. The lowest BCUT2D eigenvalue weighted by molar-refractivity contribution is 0.454. The molecule has 0 saturated carbocycles. The average Bonchev–Trinajstić information content (AvgIpc) is 2.70. The van der Waals surface area contributed by atoms with Crippen LogP contribution in [0.5, 0.6) is 17.2 Å².